The summed E-state index contributed by atoms with van der Waals surface area (Å²) in [6.07, 6.45) is 2.86. The standard InChI is InChI=1S/C17H19ClN2O/c18-15-4-2-1-3-14(15)16(20-19)7-5-12-6-8-17-13(11-12)9-10-21-17/h1-4,6,8,11,16,20H,5,7,9-10,19H2. The van der Waals surface area contributed by atoms with E-state index in [1.165, 1.54) is 11.1 Å². The molecule has 4 heteroatoms. The molecular formula is C17H19ClN2O. The SMILES string of the molecule is NNC(CCc1ccc2c(c1)CCO2)c1ccccc1Cl. The fourth-order valence-electron chi connectivity index (χ4n) is 2.79. The van der Waals surface area contributed by atoms with E-state index in [9.17, 15) is 0 Å². The number of rotatable bonds is 5. The normalized spacial score (nSPS) is 14.6. The van der Waals surface area contributed by atoms with E-state index < -0.39 is 0 Å². The zero-order valence-electron chi connectivity index (χ0n) is 11.8. The van der Waals surface area contributed by atoms with Gasteiger partial charge < -0.3 is 4.74 Å². The number of nitrogens with two attached hydrogens (primary N) is 1. The highest BCUT2D eigenvalue weighted by Gasteiger charge is 2.15. The summed E-state index contributed by atoms with van der Waals surface area (Å²) in [6, 6.07) is 14.3. The lowest BCUT2D eigenvalue weighted by Gasteiger charge is -2.17. The minimum Gasteiger partial charge on any atom is -0.493 e. The third-order valence-corrected chi connectivity index (χ3v) is 4.30. The van der Waals surface area contributed by atoms with Crippen LogP contribution in [0.4, 0.5) is 0 Å². The van der Waals surface area contributed by atoms with Gasteiger partial charge >= 0.3 is 0 Å². The van der Waals surface area contributed by atoms with E-state index in [1.54, 1.807) is 0 Å². The molecule has 21 heavy (non-hydrogen) atoms. The second-order valence-electron chi connectivity index (χ2n) is 5.32. The first-order chi connectivity index (χ1) is 10.3. The van der Waals surface area contributed by atoms with E-state index in [1.807, 2.05) is 24.3 Å². The Kier molecular flexibility index (Phi) is 4.44. The Morgan fingerprint density at radius 1 is 1.24 bits per heavy atom. The lowest BCUT2D eigenvalue weighted by atomic mass is 9.98. The number of hydrogen-bond acceptors (Lipinski definition) is 3. The quantitative estimate of drug-likeness (QED) is 0.657. The number of fused-ring (bicyclic) bond motifs is 1. The molecule has 1 heterocycles. The van der Waals surface area contributed by atoms with Crippen molar-refractivity contribution in [3.63, 3.8) is 0 Å². The fraction of sp³-hybridized carbons (Fsp3) is 0.294. The molecule has 0 aromatic heterocycles. The van der Waals surface area contributed by atoms with Crippen LogP contribution in [0.5, 0.6) is 5.75 Å². The summed E-state index contributed by atoms with van der Waals surface area (Å²) in [6.45, 7) is 0.797. The molecule has 0 amide bonds. The highest BCUT2D eigenvalue weighted by atomic mass is 35.5. The Morgan fingerprint density at radius 2 is 2.10 bits per heavy atom. The van der Waals surface area contributed by atoms with Gasteiger partial charge in [0.1, 0.15) is 5.75 Å². The molecule has 0 bridgehead atoms. The van der Waals surface area contributed by atoms with Gasteiger partial charge in [0.15, 0.2) is 0 Å². The van der Waals surface area contributed by atoms with Crippen molar-refractivity contribution in [2.24, 2.45) is 5.84 Å². The number of aryl methyl sites for hydroxylation is 1. The minimum atomic E-state index is 0.0585. The van der Waals surface area contributed by atoms with Crippen molar-refractivity contribution in [1.82, 2.24) is 5.43 Å². The van der Waals surface area contributed by atoms with Crippen LogP contribution in [0, 0.1) is 0 Å². The average molecular weight is 303 g/mol. The lowest BCUT2D eigenvalue weighted by molar-refractivity contribution is 0.357. The molecule has 110 valence electrons. The molecule has 1 aliphatic heterocycles. The monoisotopic (exact) mass is 302 g/mol. The Bertz CT molecular complexity index is 630. The number of hydrogen-bond donors (Lipinski definition) is 2. The van der Waals surface area contributed by atoms with Crippen molar-refractivity contribution in [2.45, 2.75) is 25.3 Å². The maximum absolute atomic E-state index is 6.24. The van der Waals surface area contributed by atoms with Crippen LogP contribution in [-0.4, -0.2) is 6.61 Å². The maximum atomic E-state index is 6.24. The van der Waals surface area contributed by atoms with E-state index in [4.69, 9.17) is 22.2 Å². The molecule has 2 aromatic rings. The summed E-state index contributed by atoms with van der Waals surface area (Å²) < 4.78 is 5.54. The van der Waals surface area contributed by atoms with Gasteiger partial charge in [0, 0.05) is 17.5 Å². The van der Waals surface area contributed by atoms with E-state index in [0.717, 1.165) is 42.2 Å². The first kappa shape index (κ1) is 14.4. The molecular weight excluding hydrogens is 284 g/mol. The second kappa shape index (κ2) is 6.48. The van der Waals surface area contributed by atoms with Gasteiger partial charge in [-0.3, -0.25) is 11.3 Å². The molecule has 0 saturated carbocycles. The van der Waals surface area contributed by atoms with Crippen LogP contribution in [0.15, 0.2) is 42.5 Å². The molecule has 3 N–H and O–H groups in total. The molecule has 0 spiro atoms. The second-order valence-corrected chi connectivity index (χ2v) is 5.73. The van der Waals surface area contributed by atoms with Gasteiger partial charge in [0.2, 0.25) is 0 Å². The predicted molar refractivity (Wildman–Crippen MR) is 85.5 cm³/mol. The minimum absolute atomic E-state index is 0.0585. The van der Waals surface area contributed by atoms with Crippen molar-refractivity contribution in [2.75, 3.05) is 6.61 Å². The first-order valence-electron chi connectivity index (χ1n) is 7.23. The van der Waals surface area contributed by atoms with Gasteiger partial charge in [-0.1, -0.05) is 41.9 Å². The number of halogens is 1. The highest BCUT2D eigenvalue weighted by Crippen LogP contribution is 2.29. The zero-order valence-corrected chi connectivity index (χ0v) is 12.6. The van der Waals surface area contributed by atoms with E-state index in [2.05, 4.69) is 23.6 Å². The largest absolute Gasteiger partial charge is 0.493 e. The summed E-state index contributed by atoms with van der Waals surface area (Å²) in [4.78, 5) is 0. The zero-order chi connectivity index (χ0) is 14.7. The van der Waals surface area contributed by atoms with Gasteiger partial charge in [0.25, 0.3) is 0 Å². The Morgan fingerprint density at radius 3 is 2.90 bits per heavy atom. The van der Waals surface area contributed by atoms with Crippen molar-refractivity contribution in [3.05, 3.63) is 64.2 Å². The third-order valence-electron chi connectivity index (χ3n) is 3.96. The lowest BCUT2D eigenvalue weighted by Crippen LogP contribution is -2.28. The van der Waals surface area contributed by atoms with Gasteiger partial charge in [-0.15, -0.1) is 0 Å². The molecule has 2 aromatic carbocycles. The van der Waals surface area contributed by atoms with Gasteiger partial charge in [-0.25, -0.2) is 0 Å². The number of hydrazine groups is 1. The molecule has 1 atom stereocenters. The van der Waals surface area contributed by atoms with Crippen molar-refractivity contribution < 1.29 is 4.74 Å². The van der Waals surface area contributed by atoms with Gasteiger partial charge in [-0.05, 0) is 41.7 Å². The van der Waals surface area contributed by atoms with Gasteiger partial charge in [0.05, 0.1) is 6.61 Å². The summed E-state index contributed by atoms with van der Waals surface area (Å²) in [5.41, 5.74) is 6.54. The Labute approximate surface area is 130 Å². The molecule has 3 rings (SSSR count). The molecule has 1 aliphatic rings. The fourth-order valence-corrected chi connectivity index (χ4v) is 3.06. The molecule has 0 radical (unpaired) electrons. The maximum Gasteiger partial charge on any atom is 0.122 e. The van der Waals surface area contributed by atoms with E-state index in [0.29, 0.717) is 0 Å². The van der Waals surface area contributed by atoms with Crippen LogP contribution in [0.1, 0.15) is 29.2 Å². The van der Waals surface area contributed by atoms with Crippen molar-refractivity contribution >= 4 is 11.6 Å². The van der Waals surface area contributed by atoms with E-state index >= 15 is 0 Å². The van der Waals surface area contributed by atoms with Crippen LogP contribution < -0.4 is 16.0 Å². The number of nitrogens with one attached hydrogen (secondary N) is 1. The number of benzene rings is 2. The van der Waals surface area contributed by atoms with Crippen LogP contribution in [0.3, 0.4) is 0 Å². The Hall–Kier alpha value is -1.55. The van der Waals surface area contributed by atoms with Crippen LogP contribution in [-0.2, 0) is 12.8 Å². The van der Waals surface area contributed by atoms with Crippen molar-refractivity contribution in [3.8, 4) is 5.75 Å². The summed E-state index contributed by atoms with van der Waals surface area (Å²) in [5, 5.41) is 0.753. The molecule has 3 nitrogen and oxygen atoms in total. The molecule has 1 unspecified atom stereocenters. The summed E-state index contributed by atoms with van der Waals surface area (Å²) in [5.74, 6) is 6.73. The van der Waals surface area contributed by atoms with Crippen molar-refractivity contribution in [1.29, 1.82) is 0 Å². The molecule has 0 saturated heterocycles. The topological polar surface area (TPSA) is 47.3 Å². The summed E-state index contributed by atoms with van der Waals surface area (Å²) in [7, 11) is 0. The van der Waals surface area contributed by atoms with Crippen LogP contribution in [0.25, 0.3) is 0 Å². The van der Waals surface area contributed by atoms with Crippen LogP contribution >= 0.6 is 11.6 Å². The third kappa shape index (κ3) is 3.21. The Balaban J connectivity index is 1.70. The first-order valence-corrected chi connectivity index (χ1v) is 7.61. The van der Waals surface area contributed by atoms with Gasteiger partial charge in [-0.2, -0.15) is 0 Å². The summed E-state index contributed by atoms with van der Waals surface area (Å²) >= 11 is 6.24. The van der Waals surface area contributed by atoms with Crippen LogP contribution in [0.2, 0.25) is 5.02 Å². The van der Waals surface area contributed by atoms with E-state index in [-0.39, 0.29) is 6.04 Å². The smallest absolute Gasteiger partial charge is 0.122 e. The predicted octanol–water partition coefficient (Wildman–Crippen LogP) is 3.41. The molecule has 0 aliphatic carbocycles. The molecule has 0 fully saturated rings. The highest BCUT2D eigenvalue weighted by molar-refractivity contribution is 6.31. The number of ether oxygens (including phenoxy) is 1. The average Bonchev–Trinajstić information content (AvgIpc) is 2.97.